The summed E-state index contributed by atoms with van der Waals surface area (Å²) in [4.78, 5) is 16.8. The molecule has 0 spiro atoms. The molecule has 2 aromatic carbocycles. The summed E-state index contributed by atoms with van der Waals surface area (Å²) in [5.74, 6) is -0.507. The second-order valence-electron chi connectivity index (χ2n) is 7.04. The number of carbonyl (C=O) groups excluding carboxylic acids is 1. The summed E-state index contributed by atoms with van der Waals surface area (Å²) in [6, 6.07) is 12.1. The summed E-state index contributed by atoms with van der Waals surface area (Å²) in [5, 5.41) is 0. The second-order valence-corrected chi connectivity index (χ2v) is 7.04. The van der Waals surface area contributed by atoms with Gasteiger partial charge in [-0.25, -0.2) is 8.78 Å². The van der Waals surface area contributed by atoms with E-state index in [0.717, 1.165) is 44.8 Å². The molecule has 1 saturated heterocycles. The average molecular weight is 388 g/mol. The van der Waals surface area contributed by atoms with Crippen LogP contribution in [0.25, 0.3) is 0 Å². The number of piperazine rings is 1. The van der Waals surface area contributed by atoms with Crippen molar-refractivity contribution in [1.29, 1.82) is 0 Å². The number of hydrogen-bond donors (Lipinski definition) is 0. The van der Waals surface area contributed by atoms with Crippen molar-refractivity contribution in [2.75, 3.05) is 45.9 Å². The molecule has 0 N–H and O–H groups in total. The van der Waals surface area contributed by atoms with E-state index in [1.165, 1.54) is 24.3 Å². The van der Waals surface area contributed by atoms with Crippen LogP contribution in [0.5, 0.6) is 0 Å². The lowest BCUT2D eigenvalue weighted by Gasteiger charge is -2.34. The number of nitrogens with zero attached hydrogens (tertiary/aromatic N) is 2. The van der Waals surface area contributed by atoms with Crippen LogP contribution in [0.2, 0.25) is 0 Å². The van der Waals surface area contributed by atoms with Crippen molar-refractivity contribution < 1.29 is 18.3 Å². The van der Waals surface area contributed by atoms with Gasteiger partial charge in [-0.2, -0.15) is 0 Å². The summed E-state index contributed by atoms with van der Waals surface area (Å²) in [5.41, 5.74) is 1.54. The molecule has 0 bridgehead atoms. The standard InChI is InChI=1S/C22H26F2N2O2/c23-20-5-1-18(2-6-20)17-28-16-15-26-13-11-25(12-14-26)10-9-22(27)19-3-7-21(24)8-4-19/h1-8H,9-17H2. The first kappa shape index (κ1) is 20.6. The van der Waals surface area contributed by atoms with Crippen molar-refractivity contribution in [2.45, 2.75) is 13.0 Å². The fourth-order valence-electron chi connectivity index (χ4n) is 3.24. The van der Waals surface area contributed by atoms with Crippen molar-refractivity contribution in [2.24, 2.45) is 0 Å². The Hall–Kier alpha value is -2.15. The van der Waals surface area contributed by atoms with Gasteiger partial charge in [-0.05, 0) is 42.0 Å². The van der Waals surface area contributed by atoms with Crippen LogP contribution < -0.4 is 0 Å². The summed E-state index contributed by atoms with van der Waals surface area (Å²) in [6.07, 6.45) is 0.451. The molecule has 6 heteroatoms. The molecule has 4 nitrogen and oxygen atoms in total. The summed E-state index contributed by atoms with van der Waals surface area (Å²) in [6.45, 7) is 6.47. The average Bonchev–Trinajstić information content (AvgIpc) is 2.72. The zero-order valence-corrected chi connectivity index (χ0v) is 15.9. The van der Waals surface area contributed by atoms with Crippen LogP contribution in [0.15, 0.2) is 48.5 Å². The monoisotopic (exact) mass is 388 g/mol. The fourth-order valence-corrected chi connectivity index (χ4v) is 3.24. The van der Waals surface area contributed by atoms with Gasteiger partial charge in [-0.3, -0.25) is 9.69 Å². The lowest BCUT2D eigenvalue weighted by Crippen LogP contribution is -2.47. The Morgan fingerprint density at radius 1 is 0.821 bits per heavy atom. The molecule has 1 fully saturated rings. The number of hydrogen-bond acceptors (Lipinski definition) is 4. The molecule has 1 aliphatic heterocycles. The quantitative estimate of drug-likeness (QED) is 0.487. The topological polar surface area (TPSA) is 32.8 Å². The molecule has 150 valence electrons. The highest BCUT2D eigenvalue weighted by Crippen LogP contribution is 2.09. The zero-order chi connectivity index (χ0) is 19.8. The predicted octanol–water partition coefficient (Wildman–Crippen LogP) is 3.37. The van der Waals surface area contributed by atoms with E-state index < -0.39 is 0 Å². The SMILES string of the molecule is O=C(CCN1CCN(CCOCc2ccc(F)cc2)CC1)c1ccc(F)cc1. The zero-order valence-electron chi connectivity index (χ0n) is 15.9. The van der Waals surface area contributed by atoms with Gasteiger partial charge in [0.05, 0.1) is 13.2 Å². The number of halogens is 2. The lowest BCUT2D eigenvalue weighted by molar-refractivity contribution is 0.0670. The molecule has 0 radical (unpaired) electrons. The fraction of sp³-hybridized carbons (Fsp3) is 0.409. The Morgan fingerprint density at radius 2 is 1.36 bits per heavy atom. The molecule has 1 heterocycles. The highest BCUT2D eigenvalue weighted by Gasteiger charge is 2.17. The highest BCUT2D eigenvalue weighted by molar-refractivity contribution is 5.96. The van der Waals surface area contributed by atoms with Gasteiger partial charge in [-0.15, -0.1) is 0 Å². The first-order valence-corrected chi connectivity index (χ1v) is 9.66. The third kappa shape index (κ3) is 6.48. The van der Waals surface area contributed by atoms with Crippen LogP contribution in [-0.2, 0) is 11.3 Å². The third-order valence-electron chi connectivity index (χ3n) is 5.02. The van der Waals surface area contributed by atoms with E-state index in [0.29, 0.717) is 25.2 Å². The third-order valence-corrected chi connectivity index (χ3v) is 5.02. The molecule has 0 unspecified atom stereocenters. The maximum absolute atomic E-state index is 12.9. The van der Waals surface area contributed by atoms with E-state index >= 15 is 0 Å². The lowest BCUT2D eigenvalue weighted by atomic mass is 10.1. The van der Waals surface area contributed by atoms with Gasteiger partial charge in [0.2, 0.25) is 0 Å². The van der Waals surface area contributed by atoms with Crippen molar-refractivity contribution in [3.8, 4) is 0 Å². The van der Waals surface area contributed by atoms with Crippen molar-refractivity contribution in [1.82, 2.24) is 9.80 Å². The summed E-state index contributed by atoms with van der Waals surface area (Å²) >= 11 is 0. The van der Waals surface area contributed by atoms with E-state index in [1.54, 1.807) is 24.3 Å². The van der Waals surface area contributed by atoms with E-state index in [9.17, 15) is 13.6 Å². The van der Waals surface area contributed by atoms with Crippen molar-refractivity contribution in [3.63, 3.8) is 0 Å². The van der Waals surface area contributed by atoms with Crippen LogP contribution in [0.3, 0.4) is 0 Å². The molecule has 1 aliphatic rings. The molecule has 0 aromatic heterocycles. The molecular weight excluding hydrogens is 362 g/mol. The molecular formula is C22H26F2N2O2. The number of carbonyl (C=O) groups is 1. The normalized spacial score (nSPS) is 15.6. The minimum atomic E-state index is -0.325. The maximum atomic E-state index is 12.9. The Morgan fingerprint density at radius 3 is 1.96 bits per heavy atom. The van der Waals surface area contributed by atoms with E-state index in [4.69, 9.17) is 4.74 Å². The van der Waals surface area contributed by atoms with Gasteiger partial charge in [0.1, 0.15) is 11.6 Å². The van der Waals surface area contributed by atoms with Crippen LogP contribution in [-0.4, -0.2) is 61.5 Å². The molecule has 0 atom stereocenters. The number of benzene rings is 2. The number of rotatable bonds is 9. The number of Topliss-reactive ketones (excluding diaryl/α,β-unsaturated/α-hetero) is 1. The number of ketones is 1. The van der Waals surface area contributed by atoms with Crippen molar-refractivity contribution in [3.05, 3.63) is 71.3 Å². The van der Waals surface area contributed by atoms with Gasteiger partial charge >= 0.3 is 0 Å². The van der Waals surface area contributed by atoms with Gasteiger partial charge in [0.25, 0.3) is 0 Å². The molecule has 0 amide bonds. The number of ether oxygens (including phenoxy) is 1. The maximum Gasteiger partial charge on any atom is 0.164 e. The van der Waals surface area contributed by atoms with Crippen LogP contribution in [0, 0.1) is 11.6 Å². The molecule has 28 heavy (non-hydrogen) atoms. The van der Waals surface area contributed by atoms with E-state index in [1.807, 2.05) is 0 Å². The first-order valence-electron chi connectivity index (χ1n) is 9.66. The van der Waals surface area contributed by atoms with Gasteiger partial charge in [0, 0.05) is 51.3 Å². The van der Waals surface area contributed by atoms with Gasteiger partial charge < -0.3 is 9.64 Å². The minimum absolute atomic E-state index is 0.0524. The Bertz CT molecular complexity index is 742. The summed E-state index contributed by atoms with van der Waals surface area (Å²) < 4.78 is 31.5. The van der Waals surface area contributed by atoms with Crippen LogP contribution in [0.4, 0.5) is 8.78 Å². The largest absolute Gasteiger partial charge is 0.375 e. The summed E-state index contributed by atoms with van der Waals surface area (Å²) in [7, 11) is 0. The second kappa shape index (κ2) is 10.4. The minimum Gasteiger partial charge on any atom is -0.375 e. The van der Waals surface area contributed by atoms with E-state index in [-0.39, 0.29) is 17.4 Å². The van der Waals surface area contributed by atoms with Crippen LogP contribution in [0.1, 0.15) is 22.3 Å². The van der Waals surface area contributed by atoms with Gasteiger partial charge in [-0.1, -0.05) is 12.1 Å². The van der Waals surface area contributed by atoms with Gasteiger partial charge in [0.15, 0.2) is 5.78 Å². The molecule has 3 rings (SSSR count). The smallest absolute Gasteiger partial charge is 0.164 e. The molecule has 2 aromatic rings. The Kier molecular flexibility index (Phi) is 7.65. The first-order chi connectivity index (χ1) is 13.6. The molecule has 0 saturated carbocycles. The van der Waals surface area contributed by atoms with Crippen molar-refractivity contribution >= 4 is 5.78 Å². The Balaban J connectivity index is 1.28. The van der Waals surface area contributed by atoms with E-state index in [2.05, 4.69) is 9.80 Å². The van der Waals surface area contributed by atoms with Crippen LogP contribution >= 0.6 is 0 Å². The Labute approximate surface area is 164 Å². The predicted molar refractivity (Wildman–Crippen MR) is 104 cm³/mol. The molecule has 0 aliphatic carbocycles. The highest BCUT2D eigenvalue weighted by atomic mass is 19.1.